The number of hydrogen-bond donors (Lipinski definition) is 4. The lowest BCUT2D eigenvalue weighted by Gasteiger charge is -2.49. The summed E-state index contributed by atoms with van der Waals surface area (Å²) in [6, 6.07) is 0. The molecule has 5 atom stereocenters. The molecule has 2 bridgehead atoms. The van der Waals surface area contributed by atoms with Crippen LogP contribution in [0.5, 0.6) is 0 Å². The molecule has 0 amide bonds. The van der Waals surface area contributed by atoms with Crippen LogP contribution in [0.4, 0.5) is 0 Å². The van der Waals surface area contributed by atoms with Gasteiger partial charge >= 0.3 is 11.9 Å². The molecule has 2 fully saturated rings. The highest BCUT2D eigenvalue weighted by Gasteiger charge is 2.76. The predicted molar refractivity (Wildman–Crippen MR) is 74.7 cm³/mol. The number of carbonyl (C=O) groups excluding carboxylic acids is 1. The maximum atomic E-state index is 12.2. The van der Waals surface area contributed by atoms with Gasteiger partial charge in [-0.1, -0.05) is 6.08 Å². The van der Waals surface area contributed by atoms with E-state index in [1.807, 2.05) is 0 Å². The average Bonchev–Trinajstić information content (AvgIpc) is 2.49. The number of rotatable bonds is 3. The van der Waals surface area contributed by atoms with Crippen LogP contribution in [0.3, 0.4) is 0 Å². The van der Waals surface area contributed by atoms with E-state index in [9.17, 15) is 24.9 Å². The third kappa shape index (κ3) is 2.00. The van der Waals surface area contributed by atoms with Gasteiger partial charge in [0.1, 0.15) is 16.6 Å². The fourth-order valence-corrected chi connectivity index (χ4v) is 3.38. The number of allylic oxidation sites excluding steroid dienone is 2. The van der Waals surface area contributed by atoms with E-state index in [1.54, 1.807) is 0 Å². The fraction of sp³-hybridized carbons (Fsp3) is 0.600. The standard InChI is InChI=1S/C15H20O7/c1-8(6-10(17)18)4-5-15(21)13(2)7-9(16)11(19)14(15,3)12(20)22-13/h4-6,9,11,16,19,21H,7H2,1-3H3,(H,17,18)/b5-4+,8-6-/t9-,11+,13-,14-,15-/m1/s1. The highest BCUT2D eigenvalue weighted by Crippen LogP contribution is 2.58. The quantitative estimate of drug-likeness (QED) is 0.322. The van der Waals surface area contributed by atoms with Crippen molar-refractivity contribution in [3.63, 3.8) is 0 Å². The lowest BCUT2D eigenvalue weighted by atomic mass is 9.57. The molecule has 2 aliphatic rings. The van der Waals surface area contributed by atoms with Crippen LogP contribution in [0, 0.1) is 5.41 Å². The van der Waals surface area contributed by atoms with E-state index < -0.39 is 40.8 Å². The first-order valence-corrected chi connectivity index (χ1v) is 6.90. The molecule has 7 heteroatoms. The molecule has 1 heterocycles. The van der Waals surface area contributed by atoms with Gasteiger partial charge in [-0.05, 0) is 32.4 Å². The van der Waals surface area contributed by atoms with Crippen LogP contribution in [-0.4, -0.2) is 55.8 Å². The molecule has 122 valence electrons. The first kappa shape index (κ1) is 16.7. The van der Waals surface area contributed by atoms with E-state index in [0.717, 1.165) is 6.08 Å². The normalized spacial score (nSPS) is 45.2. The Kier molecular flexibility index (Phi) is 3.72. The Bertz CT molecular complexity index is 580. The minimum atomic E-state index is -1.87. The number of aliphatic hydroxyl groups is 3. The summed E-state index contributed by atoms with van der Waals surface area (Å²) in [7, 11) is 0. The predicted octanol–water partition coefficient (Wildman–Crippen LogP) is -0.248. The van der Waals surface area contributed by atoms with E-state index in [2.05, 4.69) is 0 Å². The van der Waals surface area contributed by atoms with Crippen molar-refractivity contribution in [1.29, 1.82) is 0 Å². The summed E-state index contributed by atoms with van der Waals surface area (Å²) in [5.41, 5.74) is -4.67. The van der Waals surface area contributed by atoms with Crippen molar-refractivity contribution in [2.24, 2.45) is 5.41 Å². The SMILES string of the molecule is CC(=C/C(=O)O)/C=C/[C@@]1(O)[C@@]2(C)C[C@@H](O)[C@H](O)[C@]1(C)C(=O)O2. The molecule has 1 aliphatic carbocycles. The van der Waals surface area contributed by atoms with Crippen LogP contribution < -0.4 is 0 Å². The number of ether oxygens (including phenoxy) is 1. The van der Waals surface area contributed by atoms with Gasteiger partial charge in [0.05, 0.1) is 12.2 Å². The molecule has 0 unspecified atom stereocenters. The van der Waals surface area contributed by atoms with Crippen molar-refractivity contribution in [3.8, 4) is 0 Å². The molecule has 22 heavy (non-hydrogen) atoms. The molecule has 0 aromatic rings. The molecule has 2 rings (SSSR count). The molecule has 0 radical (unpaired) electrons. The lowest BCUT2D eigenvalue weighted by molar-refractivity contribution is -0.196. The van der Waals surface area contributed by atoms with E-state index in [1.165, 1.54) is 32.9 Å². The Hall–Kier alpha value is -1.70. The summed E-state index contributed by atoms with van der Waals surface area (Å²) >= 11 is 0. The minimum Gasteiger partial charge on any atom is -0.478 e. The van der Waals surface area contributed by atoms with E-state index >= 15 is 0 Å². The summed E-state index contributed by atoms with van der Waals surface area (Å²) in [5, 5.41) is 39.9. The zero-order chi connectivity index (χ0) is 16.9. The van der Waals surface area contributed by atoms with Crippen molar-refractivity contribution < 1.29 is 34.8 Å². The number of hydrogen-bond acceptors (Lipinski definition) is 6. The van der Waals surface area contributed by atoms with Crippen molar-refractivity contribution in [3.05, 3.63) is 23.8 Å². The van der Waals surface area contributed by atoms with E-state index in [-0.39, 0.29) is 6.42 Å². The van der Waals surface area contributed by atoms with Gasteiger partial charge in [-0.3, -0.25) is 4.79 Å². The van der Waals surface area contributed by atoms with Crippen molar-refractivity contribution in [1.82, 2.24) is 0 Å². The van der Waals surface area contributed by atoms with Crippen molar-refractivity contribution >= 4 is 11.9 Å². The summed E-state index contributed by atoms with van der Waals surface area (Å²) in [4.78, 5) is 22.8. The van der Waals surface area contributed by atoms with Gasteiger partial charge < -0.3 is 25.2 Å². The minimum absolute atomic E-state index is 0.127. The van der Waals surface area contributed by atoms with Gasteiger partial charge in [-0.2, -0.15) is 0 Å². The average molecular weight is 312 g/mol. The highest BCUT2D eigenvalue weighted by molar-refractivity contribution is 5.84. The van der Waals surface area contributed by atoms with Crippen molar-refractivity contribution in [2.45, 2.75) is 50.6 Å². The maximum Gasteiger partial charge on any atom is 0.328 e. The molecular weight excluding hydrogens is 292 g/mol. The van der Waals surface area contributed by atoms with E-state index in [4.69, 9.17) is 9.84 Å². The topological polar surface area (TPSA) is 124 Å². The van der Waals surface area contributed by atoms with Crippen LogP contribution in [0.15, 0.2) is 23.8 Å². The van der Waals surface area contributed by atoms with Crippen LogP contribution >= 0.6 is 0 Å². The zero-order valence-corrected chi connectivity index (χ0v) is 12.6. The second-order valence-electron chi connectivity index (χ2n) is 6.37. The van der Waals surface area contributed by atoms with Gasteiger partial charge in [0.15, 0.2) is 0 Å². The monoisotopic (exact) mass is 312 g/mol. The molecule has 1 saturated carbocycles. The molecule has 0 aromatic carbocycles. The van der Waals surface area contributed by atoms with Crippen LogP contribution in [0.25, 0.3) is 0 Å². The third-order valence-corrected chi connectivity index (χ3v) is 4.83. The van der Waals surface area contributed by atoms with Crippen molar-refractivity contribution in [2.75, 3.05) is 0 Å². The first-order valence-electron chi connectivity index (χ1n) is 6.90. The summed E-state index contributed by atoms with van der Waals surface area (Å²) < 4.78 is 5.25. The fourth-order valence-electron chi connectivity index (χ4n) is 3.38. The van der Waals surface area contributed by atoms with Gasteiger partial charge in [-0.25, -0.2) is 4.79 Å². The number of aliphatic hydroxyl groups excluding tert-OH is 2. The largest absolute Gasteiger partial charge is 0.478 e. The number of carbonyl (C=O) groups is 2. The number of aliphatic carboxylic acids is 1. The molecule has 1 saturated heterocycles. The number of fused-ring (bicyclic) bond motifs is 2. The Morgan fingerprint density at radius 2 is 1.95 bits per heavy atom. The smallest absolute Gasteiger partial charge is 0.328 e. The van der Waals surface area contributed by atoms with E-state index in [0.29, 0.717) is 5.57 Å². The molecule has 0 spiro atoms. The maximum absolute atomic E-state index is 12.2. The summed E-state index contributed by atoms with van der Waals surface area (Å²) in [5.74, 6) is -1.94. The third-order valence-electron chi connectivity index (χ3n) is 4.83. The number of carboxylic acids is 1. The molecule has 1 aliphatic heterocycles. The van der Waals surface area contributed by atoms with Gasteiger partial charge in [0.2, 0.25) is 0 Å². The van der Waals surface area contributed by atoms with Crippen LogP contribution in [-0.2, 0) is 14.3 Å². The number of esters is 1. The van der Waals surface area contributed by atoms with Gasteiger partial charge in [-0.15, -0.1) is 0 Å². The molecule has 0 aromatic heterocycles. The molecule has 7 nitrogen and oxygen atoms in total. The first-order chi connectivity index (χ1) is 9.98. The molecular formula is C15H20O7. The lowest BCUT2D eigenvalue weighted by Crippen LogP contribution is -2.67. The summed E-state index contributed by atoms with van der Waals surface area (Å²) in [6.45, 7) is 4.33. The Balaban J connectivity index is 2.50. The van der Waals surface area contributed by atoms with Gasteiger partial charge in [0.25, 0.3) is 0 Å². The molecule has 4 N–H and O–H groups in total. The second-order valence-corrected chi connectivity index (χ2v) is 6.37. The Morgan fingerprint density at radius 3 is 2.50 bits per heavy atom. The number of carboxylic acid groups (broad SMARTS) is 1. The highest BCUT2D eigenvalue weighted by atomic mass is 16.6. The zero-order valence-electron chi connectivity index (χ0n) is 12.6. The van der Waals surface area contributed by atoms with Crippen LogP contribution in [0.1, 0.15) is 27.2 Å². The second kappa shape index (κ2) is 4.91. The Morgan fingerprint density at radius 1 is 1.36 bits per heavy atom. The van der Waals surface area contributed by atoms with Gasteiger partial charge in [0, 0.05) is 12.5 Å². The Labute approximate surface area is 127 Å². The summed E-state index contributed by atoms with van der Waals surface area (Å²) in [6.07, 6.45) is 0.750. The van der Waals surface area contributed by atoms with Crippen LogP contribution in [0.2, 0.25) is 0 Å².